The van der Waals surface area contributed by atoms with Crippen molar-refractivity contribution in [2.75, 3.05) is 5.32 Å². The van der Waals surface area contributed by atoms with Gasteiger partial charge >= 0.3 is 0 Å². The number of anilines is 1. The molecule has 2 aromatic rings. The van der Waals surface area contributed by atoms with E-state index in [0.29, 0.717) is 27.9 Å². The summed E-state index contributed by atoms with van der Waals surface area (Å²) in [6.45, 7) is 5.31. The molecule has 32 heavy (non-hydrogen) atoms. The van der Waals surface area contributed by atoms with Crippen molar-refractivity contribution in [1.29, 1.82) is 5.26 Å². The van der Waals surface area contributed by atoms with Crippen molar-refractivity contribution in [3.05, 3.63) is 52.4 Å². The van der Waals surface area contributed by atoms with Gasteiger partial charge in [-0.15, -0.1) is 0 Å². The Morgan fingerprint density at radius 3 is 2.44 bits per heavy atom. The smallest absolute Gasteiger partial charge is 0.261 e. The maximum absolute atomic E-state index is 12.5. The second-order valence-electron chi connectivity index (χ2n) is 7.83. The molecule has 1 atom stereocenters. The number of nitrogens with zero attached hydrogens (tertiary/aromatic N) is 2. The second-order valence-corrected chi connectivity index (χ2v) is 9.08. The third-order valence-corrected chi connectivity index (χ3v) is 6.21. The summed E-state index contributed by atoms with van der Waals surface area (Å²) >= 11 is 0. The largest absolute Gasteiger partial charge is 0.383 e. The lowest BCUT2D eigenvalue weighted by Crippen LogP contribution is -2.29. The monoisotopic (exact) mass is 456 g/mol. The number of rotatable bonds is 7. The van der Waals surface area contributed by atoms with Crippen LogP contribution in [0.15, 0.2) is 51.2 Å². The third kappa shape index (κ3) is 7.62. The zero-order chi connectivity index (χ0) is 23.5. The van der Waals surface area contributed by atoms with E-state index in [1.807, 2.05) is 19.9 Å². The highest BCUT2D eigenvalue weighted by molar-refractivity contribution is 7.83. The van der Waals surface area contributed by atoms with E-state index in [4.69, 9.17) is 11.0 Å². The van der Waals surface area contributed by atoms with E-state index in [0.717, 1.165) is 12.8 Å². The average Bonchev–Trinajstić information content (AvgIpc) is 2.75. The molecule has 5 N–H and O–H groups in total. The van der Waals surface area contributed by atoms with Crippen molar-refractivity contribution in [3.63, 3.8) is 0 Å². The molecule has 0 radical (unpaired) electrons. The van der Waals surface area contributed by atoms with E-state index < -0.39 is 11.0 Å². The predicted octanol–water partition coefficient (Wildman–Crippen LogP) is 3.71. The van der Waals surface area contributed by atoms with E-state index in [2.05, 4.69) is 20.0 Å². The van der Waals surface area contributed by atoms with Crippen LogP contribution in [0.25, 0.3) is 0 Å². The lowest BCUT2D eigenvalue weighted by molar-refractivity contribution is 0.462. The molecule has 1 aliphatic carbocycles. The van der Waals surface area contributed by atoms with Crippen molar-refractivity contribution in [2.45, 2.75) is 69.9 Å². The Balaban J connectivity index is 0.00000114. The molecule has 1 heterocycles. The number of amidine groups is 1. The number of pyridine rings is 1. The molecule has 0 spiro atoms. The Hall–Kier alpha value is -2.96. The first-order valence-electron chi connectivity index (χ1n) is 10.8. The molecule has 1 unspecified atom stereocenters. The Morgan fingerprint density at radius 1 is 1.22 bits per heavy atom. The van der Waals surface area contributed by atoms with Gasteiger partial charge in [0.25, 0.3) is 5.56 Å². The van der Waals surface area contributed by atoms with Crippen molar-refractivity contribution in [2.24, 2.45) is 10.7 Å². The van der Waals surface area contributed by atoms with Crippen LogP contribution in [0.5, 0.6) is 0 Å². The number of aromatic nitrogens is 1. The summed E-state index contributed by atoms with van der Waals surface area (Å²) < 4.78 is 15.1. The van der Waals surface area contributed by atoms with Crippen LogP contribution < -0.4 is 21.3 Å². The van der Waals surface area contributed by atoms with Gasteiger partial charge in [-0.2, -0.15) is 5.26 Å². The maximum Gasteiger partial charge on any atom is 0.261 e. The number of hydrogen-bond acceptors (Lipinski definition) is 5. The molecule has 1 saturated carbocycles. The molecule has 1 fully saturated rings. The summed E-state index contributed by atoms with van der Waals surface area (Å²) in [5.41, 5.74) is 7.60. The molecule has 0 saturated heterocycles. The standard InChI is InChI=1S/C21H29N5O2S.C2H3N/c1-14(2)26-29(28)17-10-8-16(9-11-17)25-20(22)19-18(12-13-23-21(19)27)24-15-6-4-3-5-7-15;1-2-3/h8-15,26H,3-7H2,1-2H3,(H2,22,25)(H2,23,24,27);1H3. The molecule has 8 nitrogen and oxygen atoms in total. The molecule has 0 aliphatic heterocycles. The molecule has 9 heteroatoms. The highest BCUT2D eigenvalue weighted by Crippen LogP contribution is 2.23. The quantitative estimate of drug-likeness (QED) is 0.372. The van der Waals surface area contributed by atoms with E-state index in [1.54, 1.807) is 36.5 Å². The molecule has 3 rings (SSSR count). The van der Waals surface area contributed by atoms with Crippen LogP contribution in [0, 0.1) is 11.3 Å². The van der Waals surface area contributed by atoms with Crippen molar-refractivity contribution >= 4 is 28.2 Å². The molecule has 172 valence electrons. The number of aromatic amines is 1. The van der Waals surface area contributed by atoms with Crippen LogP contribution in [0.4, 0.5) is 11.4 Å². The minimum absolute atomic E-state index is 0.115. The lowest BCUT2D eigenvalue weighted by Gasteiger charge is -2.24. The van der Waals surface area contributed by atoms with Gasteiger partial charge in [0, 0.05) is 25.2 Å². The Kier molecular flexibility index (Phi) is 10.1. The first-order valence-corrected chi connectivity index (χ1v) is 11.9. The molecule has 0 amide bonds. The lowest BCUT2D eigenvalue weighted by atomic mass is 9.95. The Labute approximate surface area is 191 Å². The molecule has 1 aromatic heterocycles. The molecule has 1 aliphatic rings. The van der Waals surface area contributed by atoms with Crippen LogP contribution >= 0.6 is 0 Å². The van der Waals surface area contributed by atoms with Gasteiger partial charge in [-0.05, 0) is 57.0 Å². The fourth-order valence-corrected chi connectivity index (χ4v) is 4.39. The topological polar surface area (TPSA) is 136 Å². The summed E-state index contributed by atoms with van der Waals surface area (Å²) in [7, 11) is -1.28. The first-order chi connectivity index (χ1) is 15.3. The van der Waals surface area contributed by atoms with Crippen LogP contribution in [0.2, 0.25) is 0 Å². The average molecular weight is 457 g/mol. The number of nitrogens with two attached hydrogens (primary N) is 1. The number of benzene rings is 1. The van der Waals surface area contributed by atoms with Gasteiger partial charge in [0.2, 0.25) is 0 Å². The van der Waals surface area contributed by atoms with E-state index in [-0.39, 0.29) is 17.4 Å². The maximum atomic E-state index is 12.5. The normalized spacial score (nSPS) is 15.4. The van der Waals surface area contributed by atoms with Crippen LogP contribution in [-0.2, 0) is 11.0 Å². The SMILES string of the molecule is CC#N.CC(C)NS(=O)c1ccc(N=C(N)c2c(NC3CCCCC3)cc[nH]c2=O)cc1. The van der Waals surface area contributed by atoms with Crippen molar-refractivity contribution in [1.82, 2.24) is 9.71 Å². The minimum Gasteiger partial charge on any atom is -0.383 e. The predicted molar refractivity (Wildman–Crippen MR) is 130 cm³/mol. The van der Waals surface area contributed by atoms with Crippen LogP contribution in [0.3, 0.4) is 0 Å². The van der Waals surface area contributed by atoms with Gasteiger partial charge in [-0.25, -0.2) is 13.9 Å². The summed E-state index contributed by atoms with van der Waals surface area (Å²) in [6.07, 6.45) is 7.45. The van der Waals surface area contributed by atoms with Crippen molar-refractivity contribution < 1.29 is 4.21 Å². The van der Waals surface area contributed by atoms with Crippen LogP contribution in [-0.4, -0.2) is 27.1 Å². The van der Waals surface area contributed by atoms with E-state index >= 15 is 0 Å². The van der Waals surface area contributed by atoms with Crippen molar-refractivity contribution in [3.8, 4) is 6.07 Å². The van der Waals surface area contributed by atoms with Gasteiger partial charge in [0.05, 0.1) is 22.3 Å². The second kappa shape index (κ2) is 12.8. The fourth-order valence-electron chi connectivity index (χ4n) is 3.44. The zero-order valence-electron chi connectivity index (χ0n) is 18.9. The van der Waals surface area contributed by atoms with Gasteiger partial charge in [-0.3, -0.25) is 4.79 Å². The fraction of sp³-hybridized carbons (Fsp3) is 0.435. The summed E-state index contributed by atoms with van der Waals surface area (Å²) in [4.78, 5) is 20.2. The minimum atomic E-state index is -1.28. The van der Waals surface area contributed by atoms with Crippen LogP contribution in [0.1, 0.15) is 58.4 Å². The summed E-state index contributed by atoms with van der Waals surface area (Å²) in [5.74, 6) is 0.152. The number of nitrogens with one attached hydrogen (secondary N) is 3. The van der Waals surface area contributed by atoms with Gasteiger partial charge in [0.1, 0.15) is 22.4 Å². The van der Waals surface area contributed by atoms with E-state index in [1.165, 1.54) is 26.2 Å². The zero-order valence-corrected chi connectivity index (χ0v) is 19.7. The summed E-state index contributed by atoms with van der Waals surface area (Å²) in [5, 5.41) is 10.8. The molecular weight excluding hydrogens is 424 g/mol. The number of hydrogen-bond donors (Lipinski definition) is 4. The van der Waals surface area contributed by atoms with Gasteiger partial charge < -0.3 is 16.0 Å². The van der Waals surface area contributed by atoms with Gasteiger partial charge in [-0.1, -0.05) is 19.3 Å². The third-order valence-electron chi connectivity index (χ3n) is 4.82. The first kappa shape index (κ1) is 25.3. The number of nitriles is 1. The highest BCUT2D eigenvalue weighted by Gasteiger charge is 2.17. The molecule has 0 bridgehead atoms. The number of H-pyrrole nitrogens is 1. The number of aliphatic imine (C=N–C) groups is 1. The highest BCUT2D eigenvalue weighted by atomic mass is 32.2. The molecule has 1 aromatic carbocycles. The van der Waals surface area contributed by atoms with E-state index in [9.17, 15) is 9.00 Å². The summed E-state index contributed by atoms with van der Waals surface area (Å²) in [6, 6.07) is 11.0. The van der Waals surface area contributed by atoms with Gasteiger partial charge in [0.15, 0.2) is 0 Å². The molecular formula is C23H32N6O2S. The Bertz CT molecular complexity index is 1020. The Morgan fingerprint density at radius 2 is 1.84 bits per heavy atom.